The smallest absolute Gasteiger partial charge is 0.191 e. The van der Waals surface area contributed by atoms with Crippen molar-refractivity contribution in [2.75, 3.05) is 60.5 Å². The summed E-state index contributed by atoms with van der Waals surface area (Å²) in [4.78, 5) is 6.50. The second-order valence-corrected chi connectivity index (χ2v) is 7.16. The predicted molar refractivity (Wildman–Crippen MR) is 128 cm³/mol. The quantitative estimate of drug-likeness (QED) is 0.206. The van der Waals surface area contributed by atoms with Gasteiger partial charge in [0.15, 0.2) is 17.5 Å². The molecule has 0 aliphatic heterocycles. The standard InChI is InChI=1S/C19H34N4O2S.HI/c1-20-19(21-11-7-8-12-26-6)22-14-16(23(2)3)15-9-10-17(24-4)18(13-15)25-5;/h9-10,13,16H,7-8,11-12,14H2,1-6H3,(H2,20,21,22);1H. The number of hydrogen-bond donors (Lipinski definition) is 2. The maximum absolute atomic E-state index is 5.44. The van der Waals surface area contributed by atoms with Gasteiger partial charge in [0.05, 0.1) is 20.3 Å². The molecule has 27 heavy (non-hydrogen) atoms. The van der Waals surface area contributed by atoms with Gasteiger partial charge in [-0.15, -0.1) is 24.0 Å². The van der Waals surface area contributed by atoms with Crippen molar-refractivity contribution in [3.05, 3.63) is 23.8 Å². The third-order valence-corrected chi connectivity index (χ3v) is 4.87. The van der Waals surface area contributed by atoms with Crippen LogP contribution in [0.5, 0.6) is 11.5 Å². The van der Waals surface area contributed by atoms with Gasteiger partial charge in [-0.25, -0.2) is 0 Å². The van der Waals surface area contributed by atoms with Crippen molar-refractivity contribution in [1.82, 2.24) is 15.5 Å². The molecule has 0 spiro atoms. The van der Waals surface area contributed by atoms with E-state index in [1.807, 2.05) is 23.9 Å². The molecule has 156 valence electrons. The number of nitrogens with zero attached hydrogens (tertiary/aromatic N) is 2. The summed E-state index contributed by atoms with van der Waals surface area (Å²) < 4.78 is 10.8. The molecule has 1 rings (SSSR count). The average Bonchev–Trinajstić information content (AvgIpc) is 2.65. The van der Waals surface area contributed by atoms with Gasteiger partial charge in [-0.05, 0) is 56.6 Å². The lowest BCUT2D eigenvalue weighted by atomic mass is 10.1. The van der Waals surface area contributed by atoms with Gasteiger partial charge in [-0.2, -0.15) is 11.8 Å². The van der Waals surface area contributed by atoms with E-state index in [2.05, 4.69) is 46.9 Å². The topological polar surface area (TPSA) is 58.1 Å². The van der Waals surface area contributed by atoms with Crippen molar-refractivity contribution in [2.24, 2.45) is 4.99 Å². The highest BCUT2D eigenvalue weighted by Gasteiger charge is 2.17. The van der Waals surface area contributed by atoms with E-state index >= 15 is 0 Å². The van der Waals surface area contributed by atoms with Crippen LogP contribution in [-0.4, -0.2) is 71.3 Å². The predicted octanol–water partition coefficient (Wildman–Crippen LogP) is 3.23. The van der Waals surface area contributed by atoms with Gasteiger partial charge in [0, 0.05) is 20.1 Å². The zero-order chi connectivity index (χ0) is 19.4. The summed E-state index contributed by atoms with van der Waals surface area (Å²) >= 11 is 1.89. The summed E-state index contributed by atoms with van der Waals surface area (Å²) in [5.74, 6) is 3.52. The normalized spacial score (nSPS) is 12.3. The molecular weight excluding hydrogens is 475 g/mol. The molecule has 0 radical (unpaired) electrons. The molecule has 1 unspecified atom stereocenters. The van der Waals surface area contributed by atoms with Crippen LogP contribution < -0.4 is 20.1 Å². The van der Waals surface area contributed by atoms with Crippen molar-refractivity contribution in [1.29, 1.82) is 0 Å². The monoisotopic (exact) mass is 510 g/mol. The number of guanidine groups is 1. The maximum atomic E-state index is 5.44. The molecule has 0 heterocycles. The highest BCUT2D eigenvalue weighted by molar-refractivity contribution is 14.0. The molecule has 0 bridgehead atoms. The van der Waals surface area contributed by atoms with Gasteiger partial charge in [0.1, 0.15) is 0 Å². The van der Waals surface area contributed by atoms with Gasteiger partial charge in [0.2, 0.25) is 0 Å². The molecule has 0 fully saturated rings. The van der Waals surface area contributed by atoms with Crippen LogP contribution in [0.15, 0.2) is 23.2 Å². The molecule has 1 aromatic rings. The van der Waals surface area contributed by atoms with E-state index < -0.39 is 0 Å². The summed E-state index contributed by atoms with van der Waals surface area (Å²) in [5.41, 5.74) is 1.16. The van der Waals surface area contributed by atoms with Crippen molar-refractivity contribution >= 4 is 41.7 Å². The number of likely N-dealkylation sites (N-methyl/N-ethyl adjacent to an activating group) is 1. The number of aliphatic imine (C=N–C) groups is 1. The lowest BCUT2D eigenvalue weighted by molar-refractivity contribution is 0.295. The number of ether oxygens (including phenoxy) is 2. The average molecular weight is 510 g/mol. The Labute approximate surface area is 185 Å². The molecule has 1 atom stereocenters. The van der Waals surface area contributed by atoms with Gasteiger partial charge in [-0.3, -0.25) is 4.99 Å². The molecule has 0 saturated carbocycles. The first kappa shape index (κ1) is 26.1. The summed E-state index contributed by atoms with van der Waals surface area (Å²) in [5, 5.41) is 6.81. The minimum absolute atomic E-state index is 0. The van der Waals surface area contributed by atoms with E-state index in [9.17, 15) is 0 Å². The van der Waals surface area contributed by atoms with Crippen LogP contribution in [0, 0.1) is 0 Å². The number of halogens is 1. The molecule has 0 saturated heterocycles. The number of nitrogens with one attached hydrogen (secondary N) is 2. The number of rotatable bonds is 11. The number of benzene rings is 1. The van der Waals surface area contributed by atoms with Crippen LogP contribution in [0.25, 0.3) is 0 Å². The highest BCUT2D eigenvalue weighted by atomic mass is 127. The Morgan fingerprint density at radius 1 is 1.15 bits per heavy atom. The van der Waals surface area contributed by atoms with Gasteiger partial charge in [-0.1, -0.05) is 6.07 Å². The number of methoxy groups -OCH3 is 2. The Kier molecular flexibility index (Phi) is 14.6. The highest BCUT2D eigenvalue weighted by Crippen LogP contribution is 2.31. The van der Waals surface area contributed by atoms with Gasteiger partial charge in [0.25, 0.3) is 0 Å². The van der Waals surface area contributed by atoms with E-state index in [1.165, 1.54) is 12.2 Å². The fourth-order valence-corrected chi connectivity index (χ4v) is 3.14. The van der Waals surface area contributed by atoms with E-state index in [0.29, 0.717) is 0 Å². The van der Waals surface area contributed by atoms with Crippen LogP contribution in [0.3, 0.4) is 0 Å². The third-order valence-electron chi connectivity index (χ3n) is 4.17. The molecule has 0 aliphatic rings. The largest absolute Gasteiger partial charge is 0.493 e. The van der Waals surface area contributed by atoms with Crippen molar-refractivity contribution in [2.45, 2.75) is 18.9 Å². The number of thioether (sulfide) groups is 1. The molecule has 1 aromatic carbocycles. The summed E-state index contributed by atoms with van der Waals surface area (Å²) in [7, 11) is 9.26. The summed E-state index contributed by atoms with van der Waals surface area (Å²) in [6.07, 6.45) is 4.51. The fourth-order valence-electron chi connectivity index (χ4n) is 2.65. The van der Waals surface area contributed by atoms with Gasteiger partial charge < -0.3 is 25.0 Å². The van der Waals surface area contributed by atoms with Crippen molar-refractivity contribution in [3.63, 3.8) is 0 Å². The van der Waals surface area contributed by atoms with Crippen LogP contribution in [-0.2, 0) is 0 Å². The third kappa shape index (κ3) is 9.25. The van der Waals surface area contributed by atoms with Gasteiger partial charge >= 0.3 is 0 Å². The Hall–Kier alpha value is -0.870. The van der Waals surface area contributed by atoms with Crippen LogP contribution >= 0.6 is 35.7 Å². The van der Waals surface area contributed by atoms with E-state index in [0.717, 1.165) is 42.5 Å². The van der Waals surface area contributed by atoms with Crippen LogP contribution in [0.4, 0.5) is 0 Å². The minimum Gasteiger partial charge on any atom is -0.493 e. The molecular formula is C19H35IN4O2S. The Morgan fingerprint density at radius 3 is 2.41 bits per heavy atom. The number of hydrogen-bond acceptors (Lipinski definition) is 5. The number of unbranched alkanes of at least 4 members (excludes halogenated alkanes) is 1. The Balaban J connectivity index is 0.00000676. The van der Waals surface area contributed by atoms with E-state index in [-0.39, 0.29) is 30.0 Å². The molecule has 0 amide bonds. The minimum atomic E-state index is 0. The summed E-state index contributed by atoms with van der Waals surface area (Å²) in [6.45, 7) is 1.68. The lowest BCUT2D eigenvalue weighted by Crippen LogP contribution is -2.42. The molecule has 2 N–H and O–H groups in total. The Bertz CT molecular complexity index is 559. The Morgan fingerprint density at radius 2 is 1.85 bits per heavy atom. The second kappa shape index (κ2) is 15.1. The van der Waals surface area contributed by atoms with Crippen LogP contribution in [0.1, 0.15) is 24.4 Å². The lowest BCUT2D eigenvalue weighted by Gasteiger charge is -2.26. The molecule has 0 aromatic heterocycles. The van der Waals surface area contributed by atoms with Crippen molar-refractivity contribution in [3.8, 4) is 11.5 Å². The zero-order valence-corrected chi connectivity index (χ0v) is 20.5. The first-order valence-corrected chi connectivity index (χ1v) is 10.3. The molecule has 8 heteroatoms. The first-order chi connectivity index (χ1) is 12.6. The maximum Gasteiger partial charge on any atom is 0.191 e. The SMILES string of the molecule is CN=C(NCCCCSC)NCC(c1ccc(OC)c(OC)c1)N(C)C.I. The zero-order valence-electron chi connectivity index (χ0n) is 17.4. The fraction of sp³-hybridized carbons (Fsp3) is 0.632. The van der Waals surface area contributed by atoms with Crippen LogP contribution in [0.2, 0.25) is 0 Å². The second-order valence-electron chi connectivity index (χ2n) is 6.17. The molecule has 0 aliphatic carbocycles. The van der Waals surface area contributed by atoms with E-state index in [4.69, 9.17) is 9.47 Å². The van der Waals surface area contributed by atoms with E-state index in [1.54, 1.807) is 21.3 Å². The summed E-state index contributed by atoms with van der Waals surface area (Å²) in [6, 6.07) is 6.24. The first-order valence-electron chi connectivity index (χ1n) is 8.89. The van der Waals surface area contributed by atoms with Crippen molar-refractivity contribution < 1.29 is 9.47 Å². The molecule has 6 nitrogen and oxygen atoms in total.